The molecular weight excluding hydrogens is 276 g/mol. The average molecular weight is 302 g/mol. The predicted octanol–water partition coefficient (Wildman–Crippen LogP) is 1.75. The quantitative estimate of drug-likeness (QED) is 0.883. The summed E-state index contributed by atoms with van der Waals surface area (Å²) in [4.78, 5) is 2.17. The molecule has 0 radical (unpaired) electrons. The molecule has 0 amide bonds. The van der Waals surface area contributed by atoms with E-state index in [9.17, 15) is 0 Å². The van der Waals surface area contributed by atoms with Gasteiger partial charge in [-0.25, -0.2) is 0 Å². The third-order valence-corrected chi connectivity index (χ3v) is 4.47. The van der Waals surface area contributed by atoms with Crippen molar-refractivity contribution in [2.75, 3.05) is 32.9 Å². The molecule has 2 heterocycles. The van der Waals surface area contributed by atoms with Crippen molar-refractivity contribution in [3.63, 3.8) is 0 Å². The van der Waals surface area contributed by atoms with E-state index in [-0.39, 0.29) is 6.10 Å². The number of ether oxygens (including phenoxy) is 1. The fraction of sp³-hybridized carbons (Fsp3) is 0.529. The van der Waals surface area contributed by atoms with Crippen molar-refractivity contribution in [3.05, 3.63) is 23.3 Å². The van der Waals surface area contributed by atoms with Gasteiger partial charge in [0.25, 0.3) is 0 Å². The van der Waals surface area contributed by atoms with E-state index in [2.05, 4.69) is 42.6 Å². The van der Waals surface area contributed by atoms with E-state index in [1.165, 1.54) is 16.5 Å². The van der Waals surface area contributed by atoms with Crippen molar-refractivity contribution < 1.29 is 4.74 Å². The van der Waals surface area contributed by atoms with Crippen molar-refractivity contribution in [2.24, 2.45) is 5.73 Å². The van der Waals surface area contributed by atoms with E-state index >= 15 is 0 Å². The van der Waals surface area contributed by atoms with Crippen molar-refractivity contribution >= 4 is 16.7 Å². The molecule has 3 rings (SSSR count). The molecule has 1 aromatic heterocycles. The van der Waals surface area contributed by atoms with Crippen molar-refractivity contribution in [1.29, 1.82) is 0 Å². The second kappa shape index (κ2) is 5.82. The highest BCUT2D eigenvalue weighted by atomic mass is 16.5. The molecule has 1 aromatic carbocycles. The Labute approximate surface area is 131 Å². The summed E-state index contributed by atoms with van der Waals surface area (Å²) in [7, 11) is 4.15. The number of aryl methyl sites for hydroxylation is 2. The minimum Gasteiger partial charge on any atom is -0.488 e. The molecule has 5 nitrogen and oxygen atoms in total. The standard InChI is InChI=1S/C17H26N4O/c1-11-13-5-6-15-14(9-12(22-15)10-20(2)3)16(13)21(17(11)19)8-4-7-18/h5-6,12H,4,7-10,18-19H2,1-3H3. The van der Waals surface area contributed by atoms with Crippen LogP contribution in [0.4, 0.5) is 5.82 Å². The smallest absolute Gasteiger partial charge is 0.125 e. The Morgan fingerprint density at radius 1 is 1.36 bits per heavy atom. The van der Waals surface area contributed by atoms with Gasteiger partial charge < -0.3 is 25.7 Å². The van der Waals surface area contributed by atoms with Crippen LogP contribution in [-0.2, 0) is 13.0 Å². The molecule has 0 bridgehead atoms. The maximum atomic E-state index is 6.34. The molecule has 1 aliphatic rings. The zero-order chi connectivity index (χ0) is 15.9. The molecular formula is C17H26N4O. The molecule has 0 saturated heterocycles. The Morgan fingerprint density at radius 2 is 2.14 bits per heavy atom. The minimum atomic E-state index is 0.218. The van der Waals surface area contributed by atoms with Crippen LogP contribution in [0.2, 0.25) is 0 Å². The summed E-state index contributed by atoms with van der Waals surface area (Å²) < 4.78 is 8.33. The van der Waals surface area contributed by atoms with Crippen LogP contribution in [0.3, 0.4) is 0 Å². The molecule has 0 fully saturated rings. The van der Waals surface area contributed by atoms with Gasteiger partial charge in [0.15, 0.2) is 0 Å². The SMILES string of the molecule is Cc1c(N)n(CCCN)c2c3c(ccc12)OC(CN(C)C)C3. The molecule has 0 saturated carbocycles. The highest BCUT2D eigenvalue weighted by Gasteiger charge is 2.28. The summed E-state index contributed by atoms with van der Waals surface area (Å²) in [5.41, 5.74) is 15.7. The topological polar surface area (TPSA) is 69.4 Å². The van der Waals surface area contributed by atoms with Gasteiger partial charge in [0.2, 0.25) is 0 Å². The van der Waals surface area contributed by atoms with Crippen LogP contribution >= 0.6 is 0 Å². The summed E-state index contributed by atoms with van der Waals surface area (Å²) >= 11 is 0. The van der Waals surface area contributed by atoms with Crippen LogP contribution in [0.5, 0.6) is 5.75 Å². The molecule has 4 N–H and O–H groups in total. The van der Waals surface area contributed by atoms with E-state index in [1.807, 2.05) is 0 Å². The van der Waals surface area contributed by atoms with E-state index in [0.717, 1.165) is 43.1 Å². The first-order valence-electron chi connectivity index (χ1n) is 7.94. The van der Waals surface area contributed by atoms with Gasteiger partial charge in [0.1, 0.15) is 17.7 Å². The van der Waals surface area contributed by atoms with Gasteiger partial charge >= 0.3 is 0 Å². The lowest BCUT2D eigenvalue weighted by Gasteiger charge is -2.15. The first-order chi connectivity index (χ1) is 10.5. The lowest BCUT2D eigenvalue weighted by Crippen LogP contribution is -2.29. The van der Waals surface area contributed by atoms with Gasteiger partial charge in [-0.3, -0.25) is 0 Å². The Balaban J connectivity index is 2.06. The van der Waals surface area contributed by atoms with Crippen LogP contribution in [0, 0.1) is 6.92 Å². The Kier molecular flexibility index (Phi) is 4.02. The number of aromatic nitrogens is 1. The molecule has 0 aliphatic carbocycles. The first-order valence-corrected chi connectivity index (χ1v) is 7.94. The summed E-state index contributed by atoms with van der Waals surface area (Å²) in [6.07, 6.45) is 2.09. The predicted molar refractivity (Wildman–Crippen MR) is 91.4 cm³/mol. The van der Waals surface area contributed by atoms with Gasteiger partial charge in [0, 0.05) is 30.5 Å². The molecule has 1 atom stereocenters. The largest absolute Gasteiger partial charge is 0.488 e. The first kappa shape index (κ1) is 15.2. The number of hydrogen-bond acceptors (Lipinski definition) is 4. The summed E-state index contributed by atoms with van der Waals surface area (Å²) in [5, 5.41) is 1.24. The van der Waals surface area contributed by atoms with Crippen molar-refractivity contribution in [1.82, 2.24) is 9.47 Å². The zero-order valence-electron chi connectivity index (χ0n) is 13.7. The van der Waals surface area contributed by atoms with Crippen molar-refractivity contribution in [3.8, 4) is 5.75 Å². The zero-order valence-corrected chi connectivity index (χ0v) is 13.7. The lowest BCUT2D eigenvalue weighted by molar-refractivity contribution is 0.184. The van der Waals surface area contributed by atoms with E-state index in [0.29, 0.717) is 6.54 Å². The maximum absolute atomic E-state index is 6.34. The Hall–Kier alpha value is -1.72. The second-order valence-corrected chi connectivity index (χ2v) is 6.45. The van der Waals surface area contributed by atoms with Gasteiger partial charge in [-0.1, -0.05) is 0 Å². The van der Waals surface area contributed by atoms with Gasteiger partial charge in [-0.05, 0) is 51.7 Å². The third kappa shape index (κ3) is 2.44. The molecule has 120 valence electrons. The van der Waals surface area contributed by atoms with Gasteiger partial charge in [-0.2, -0.15) is 0 Å². The van der Waals surface area contributed by atoms with Gasteiger partial charge in [0.05, 0.1) is 5.52 Å². The fourth-order valence-electron chi connectivity index (χ4n) is 3.44. The number of hydrogen-bond donors (Lipinski definition) is 2. The van der Waals surface area contributed by atoms with Crippen LogP contribution in [0.1, 0.15) is 17.5 Å². The number of fused-ring (bicyclic) bond motifs is 3. The third-order valence-electron chi connectivity index (χ3n) is 4.47. The number of rotatable bonds is 5. The average Bonchev–Trinajstić information content (AvgIpc) is 2.97. The monoisotopic (exact) mass is 302 g/mol. The highest BCUT2D eigenvalue weighted by molar-refractivity contribution is 5.93. The normalized spacial score (nSPS) is 17.2. The van der Waals surface area contributed by atoms with E-state index < -0.39 is 0 Å². The van der Waals surface area contributed by atoms with Crippen LogP contribution in [0.15, 0.2) is 12.1 Å². The number of nitrogen functional groups attached to an aromatic ring is 1. The van der Waals surface area contributed by atoms with Crippen LogP contribution in [-0.4, -0.2) is 42.8 Å². The maximum Gasteiger partial charge on any atom is 0.125 e. The fourth-order valence-corrected chi connectivity index (χ4v) is 3.44. The molecule has 1 unspecified atom stereocenters. The summed E-state index contributed by atoms with van der Waals surface area (Å²) in [6, 6.07) is 4.23. The van der Waals surface area contributed by atoms with E-state index in [1.54, 1.807) is 0 Å². The summed E-state index contributed by atoms with van der Waals surface area (Å²) in [6.45, 7) is 4.55. The Bertz CT molecular complexity index is 690. The number of benzene rings is 1. The number of nitrogens with two attached hydrogens (primary N) is 2. The van der Waals surface area contributed by atoms with Crippen LogP contribution in [0.25, 0.3) is 10.9 Å². The number of nitrogens with zero attached hydrogens (tertiary/aromatic N) is 2. The highest BCUT2D eigenvalue weighted by Crippen LogP contribution is 2.39. The molecule has 2 aromatic rings. The van der Waals surface area contributed by atoms with E-state index in [4.69, 9.17) is 16.2 Å². The number of anilines is 1. The minimum absolute atomic E-state index is 0.218. The molecule has 5 heteroatoms. The molecule has 22 heavy (non-hydrogen) atoms. The van der Waals surface area contributed by atoms with Crippen LogP contribution < -0.4 is 16.2 Å². The lowest BCUT2D eigenvalue weighted by atomic mass is 10.0. The number of likely N-dealkylation sites (N-methyl/N-ethyl adjacent to an activating group) is 1. The molecule has 0 spiro atoms. The Morgan fingerprint density at radius 3 is 2.82 bits per heavy atom. The summed E-state index contributed by atoms with van der Waals surface area (Å²) in [5.74, 6) is 1.86. The van der Waals surface area contributed by atoms with Gasteiger partial charge in [-0.15, -0.1) is 0 Å². The van der Waals surface area contributed by atoms with Crippen molar-refractivity contribution in [2.45, 2.75) is 32.4 Å². The second-order valence-electron chi connectivity index (χ2n) is 6.45. The molecule has 1 aliphatic heterocycles.